The summed E-state index contributed by atoms with van der Waals surface area (Å²) >= 11 is 0. The summed E-state index contributed by atoms with van der Waals surface area (Å²) in [6.45, 7) is 4.62. The molecule has 0 spiro atoms. The van der Waals surface area contributed by atoms with E-state index < -0.39 is 24.0 Å². The predicted molar refractivity (Wildman–Crippen MR) is 72.6 cm³/mol. The van der Waals surface area contributed by atoms with Gasteiger partial charge in [-0.2, -0.15) is 13.2 Å². The summed E-state index contributed by atoms with van der Waals surface area (Å²) in [5.41, 5.74) is -0.351. The number of hydrogen-bond acceptors (Lipinski definition) is 3. The van der Waals surface area contributed by atoms with Crippen LogP contribution in [0.2, 0.25) is 0 Å². The summed E-state index contributed by atoms with van der Waals surface area (Å²) in [6.07, 6.45) is -6.40. The van der Waals surface area contributed by atoms with Gasteiger partial charge in [-0.25, -0.2) is 4.79 Å². The van der Waals surface area contributed by atoms with Crippen molar-refractivity contribution >= 4 is 12.2 Å². The van der Waals surface area contributed by atoms with Gasteiger partial charge in [-0.05, 0) is 32.4 Å². The van der Waals surface area contributed by atoms with Crippen molar-refractivity contribution in [1.29, 1.82) is 0 Å². The molecule has 1 atom stereocenters. The lowest BCUT2D eigenvalue weighted by molar-refractivity contribution is -0.195. The Hall–Kier alpha value is -1.98. The van der Waals surface area contributed by atoms with E-state index in [1.165, 1.54) is 26.8 Å². The lowest BCUT2D eigenvalue weighted by Gasteiger charge is -2.22. The van der Waals surface area contributed by atoms with Gasteiger partial charge in [0.1, 0.15) is 5.60 Å². The molecule has 0 bridgehead atoms. The number of carbonyl (C=O) groups is 1. The molecule has 21 heavy (non-hydrogen) atoms. The monoisotopic (exact) mass is 302 g/mol. The van der Waals surface area contributed by atoms with Crippen LogP contribution in [0.15, 0.2) is 36.4 Å². The van der Waals surface area contributed by atoms with Crippen molar-refractivity contribution in [3.8, 4) is 0 Å². The van der Waals surface area contributed by atoms with Gasteiger partial charge >= 0.3 is 12.3 Å². The first-order valence-corrected chi connectivity index (χ1v) is 6.27. The first kappa shape index (κ1) is 17.1. The quantitative estimate of drug-likeness (QED) is 0.766. The lowest BCUT2D eigenvalue weighted by Crippen LogP contribution is -2.34. The molecular formula is C15H17F3O3. The smallest absolute Gasteiger partial charge is 0.429 e. The van der Waals surface area contributed by atoms with Crippen LogP contribution in [-0.2, 0) is 9.47 Å². The van der Waals surface area contributed by atoms with Crippen LogP contribution in [0.3, 0.4) is 0 Å². The van der Waals surface area contributed by atoms with Gasteiger partial charge in [-0.15, -0.1) is 0 Å². The molecule has 1 aromatic rings. The zero-order valence-corrected chi connectivity index (χ0v) is 12.0. The molecule has 0 aliphatic carbocycles. The number of alkyl halides is 3. The number of hydrogen-bond donors (Lipinski definition) is 0. The Morgan fingerprint density at radius 2 is 1.71 bits per heavy atom. The predicted octanol–water partition coefficient (Wildman–Crippen LogP) is 4.58. The molecule has 6 heteroatoms. The van der Waals surface area contributed by atoms with Gasteiger partial charge in [0, 0.05) is 0 Å². The second kappa shape index (κ2) is 6.65. The maximum absolute atomic E-state index is 12.8. The molecule has 0 saturated carbocycles. The van der Waals surface area contributed by atoms with Crippen LogP contribution < -0.4 is 0 Å². The van der Waals surface area contributed by atoms with Gasteiger partial charge in [0.15, 0.2) is 0 Å². The molecule has 1 rings (SSSR count). The van der Waals surface area contributed by atoms with Gasteiger partial charge in [0.25, 0.3) is 0 Å². The van der Waals surface area contributed by atoms with Gasteiger partial charge in [-0.1, -0.05) is 36.4 Å². The molecule has 0 saturated heterocycles. The second-order valence-corrected chi connectivity index (χ2v) is 5.31. The van der Waals surface area contributed by atoms with Gasteiger partial charge in [0.05, 0.1) is 0 Å². The summed E-state index contributed by atoms with van der Waals surface area (Å²) in [6, 6.07) is 8.40. The van der Waals surface area contributed by atoms with Crippen LogP contribution in [-0.4, -0.2) is 24.0 Å². The molecule has 0 aromatic heterocycles. The van der Waals surface area contributed by atoms with Crippen molar-refractivity contribution in [3.05, 3.63) is 42.0 Å². The number of halogens is 3. The third kappa shape index (κ3) is 6.83. The number of carbonyl (C=O) groups excluding carboxylic acids is 1. The highest BCUT2D eigenvalue weighted by Gasteiger charge is 2.42. The molecule has 0 amide bonds. The Balaban J connectivity index is 2.78. The summed E-state index contributed by atoms with van der Waals surface area (Å²) in [5.74, 6) is 0. The van der Waals surface area contributed by atoms with Gasteiger partial charge in [-0.3, -0.25) is 0 Å². The number of ether oxygens (including phenoxy) is 2. The van der Waals surface area contributed by atoms with Crippen molar-refractivity contribution in [1.82, 2.24) is 0 Å². The van der Waals surface area contributed by atoms with Crippen molar-refractivity contribution in [3.63, 3.8) is 0 Å². The summed E-state index contributed by atoms with van der Waals surface area (Å²) in [4.78, 5) is 11.3. The first-order chi connectivity index (χ1) is 9.58. The first-order valence-electron chi connectivity index (χ1n) is 6.27. The van der Waals surface area contributed by atoms with E-state index in [-0.39, 0.29) is 0 Å². The third-order valence-corrected chi connectivity index (χ3v) is 2.20. The largest absolute Gasteiger partial charge is 0.509 e. The van der Waals surface area contributed by atoms with Crippen LogP contribution in [0.25, 0.3) is 6.08 Å². The fourth-order valence-electron chi connectivity index (χ4n) is 1.36. The molecule has 0 aliphatic heterocycles. The van der Waals surface area contributed by atoms with Crippen LogP contribution in [0.1, 0.15) is 26.3 Å². The lowest BCUT2D eigenvalue weighted by atomic mass is 10.2. The minimum Gasteiger partial charge on any atom is -0.429 e. The summed E-state index contributed by atoms with van der Waals surface area (Å²) in [7, 11) is 0. The zero-order chi connectivity index (χ0) is 16.1. The molecule has 116 valence electrons. The number of benzene rings is 1. The van der Waals surface area contributed by atoms with Crippen LogP contribution in [0.4, 0.5) is 18.0 Å². The topological polar surface area (TPSA) is 35.5 Å². The highest BCUT2D eigenvalue weighted by molar-refractivity contribution is 5.61. The van der Waals surface area contributed by atoms with E-state index in [9.17, 15) is 18.0 Å². The van der Waals surface area contributed by atoms with Crippen molar-refractivity contribution in [2.24, 2.45) is 0 Å². The van der Waals surface area contributed by atoms with E-state index in [2.05, 4.69) is 4.74 Å². The Morgan fingerprint density at radius 1 is 1.14 bits per heavy atom. The third-order valence-electron chi connectivity index (χ3n) is 2.20. The van der Waals surface area contributed by atoms with E-state index in [0.717, 1.165) is 6.08 Å². The van der Waals surface area contributed by atoms with E-state index in [1.54, 1.807) is 30.3 Å². The van der Waals surface area contributed by atoms with Gasteiger partial charge in [0.2, 0.25) is 6.10 Å². The van der Waals surface area contributed by atoms with Crippen LogP contribution in [0, 0.1) is 0 Å². The standard InChI is InChI=1S/C15H17F3O3/c1-14(2,3)21-13(19)20-12(15(16,17)18)10-9-11-7-5-4-6-8-11/h4-10,12H,1-3H3/b10-9+/t12-/m0/s1. The fraction of sp³-hybridized carbons (Fsp3) is 0.400. The molecule has 1 aromatic carbocycles. The highest BCUT2D eigenvalue weighted by atomic mass is 19.4. The average Bonchev–Trinajstić information content (AvgIpc) is 2.32. The van der Waals surface area contributed by atoms with Crippen molar-refractivity contribution in [2.75, 3.05) is 0 Å². The summed E-state index contributed by atoms with van der Waals surface area (Å²) < 4.78 is 47.6. The summed E-state index contributed by atoms with van der Waals surface area (Å²) in [5, 5.41) is 0. The van der Waals surface area contributed by atoms with Crippen molar-refractivity contribution < 1.29 is 27.4 Å². The minimum atomic E-state index is -4.71. The molecule has 3 nitrogen and oxygen atoms in total. The zero-order valence-electron chi connectivity index (χ0n) is 12.0. The Morgan fingerprint density at radius 3 is 2.19 bits per heavy atom. The van der Waals surface area contributed by atoms with Crippen LogP contribution in [0.5, 0.6) is 0 Å². The molecule has 0 aliphatic rings. The molecule has 0 fully saturated rings. The molecule has 0 heterocycles. The van der Waals surface area contributed by atoms with E-state index >= 15 is 0 Å². The SMILES string of the molecule is CC(C)(C)OC(=O)O[C@@H](/C=C/c1ccccc1)C(F)(F)F. The van der Waals surface area contributed by atoms with E-state index in [0.29, 0.717) is 5.56 Å². The molecule has 0 radical (unpaired) electrons. The Bertz CT molecular complexity index is 487. The molecule has 0 N–H and O–H groups in total. The maximum atomic E-state index is 12.8. The number of rotatable bonds is 3. The van der Waals surface area contributed by atoms with Crippen molar-refractivity contribution in [2.45, 2.75) is 38.7 Å². The highest BCUT2D eigenvalue weighted by Crippen LogP contribution is 2.25. The molecule has 0 unspecified atom stereocenters. The molecular weight excluding hydrogens is 285 g/mol. The normalized spacial score (nSPS) is 14.0. The maximum Gasteiger partial charge on any atom is 0.509 e. The fourth-order valence-corrected chi connectivity index (χ4v) is 1.36. The van der Waals surface area contributed by atoms with Gasteiger partial charge < -0.3 is 9.47 Å². The van der Waals surface area contributed by atoms with Crippen LogP contribution >= 0.6 is 0 Å². The second-order valence-electron chi connectivity index (χ2n) is 5.31. The minimum absolute atomic E-state index is 0.569. The average molecular weight is 302 g/mol. The Labute approximate surface area is 121 Å². The van der Waals surface area contributed by atoms with E-state index in [4.69, 9.17) is 4.74 Å². The van der Waals surface area contributed by atoms with E-state index in [1.807, 2.05) is 0 Å². The Kier molecular flexibility index (Phi) is 5.41.